The molecule has 2 fully saturated rings. The number of benzene rings is 1. The zero-order valence-corrected chi connectivity index (χ0v) is 14.3. The van der Waals surface area contributed by atoms with Gasteiger partial charge in [-0.25, -0.2) is 0 Å². The Labute approximate surface area is 140 Å². The van der Waals surface area contributed by atoms with Gasteiger partial charge in [0.2, 0.25) is 0 Å². The quantitative estimate of drug-likeness (QED) is 0.600. The maximum absolute atomic E-state index is 4.35. The molecule has 1 unspecified atom stereocenters. The zero-order chi connectivity index (χ0) is 15.9. The number of likely N-dealkylation sites (tertiary alicyclic amines) is 1. The van der Waals surface area contributed by atoms with Crippen molar-refractivity contribution in [1.82, 2.24) is 15.5 Å². The fourth-order valence-electron chi connectivity index (χ4n) is 3.39. The number of hydrogen-bond donors (Lipinski definition) is 2. The summed E-state index contributed by atoms with van der Waals surface area (Å²) < 4.78 is 0. The molecule has 0 bridgehead atoms. The molecule has 2 aliphatic rings. The maximum atomic E-state index is 4.35. The Bertz CT molecular complexity index is 495. The van der Waals surface area contributed by atoms with Crippen molar-refractivity contribution in [2.45, 2.75) is 44.7 Å². The van der Waals surface area contributed by atoms with Crippen LogP contribution in [0.1, 0.15) is 37.7 Å². The van der Waals surface area contributed by atoms with E-state index in [-0.39, 0.29) is 0 Å². The van der Waals surface area contributed by atoms with Crippen LogP contribution in [-0.4, -0.2) is 43.6 Å². The molecule has 1 saturated carbocycles. The second-order valence-corrected chi connectivity index (χ2v) is 6.86. The third-order valence-electron chi connectivity index (χ3n) is 5.00. The fraction of sp³-hybridized carbons (Fsp3) is 0.632. The largest absolute Gasteiger partial charge is 0.356 e. The van der Waals surface area contributed by atoms with Crippen LogP contribution < -0.4 is 10.6 Å². The molecule has 0 spiro atoms. The van der Waals surface area contributed by atoms with E-state index in [1.807, 2.05) is 7.05 Å². The van der Waals surface area contributed by atoms with E-state index in [1.54, 1.807) is 0 Å². The van der Waals surface area contributed by atoms with Crippen LogP contribution in [-0.2, 0) is 6.54 Å². The zero-order valence-electron chi connectivity index (χ0n) is 14.3. The van der Waals surface area contributed by atoms with Crippen molar-refractivity contribution in [1.29, 1.82) is 0 Å². The normalized spacial score (nSPS) is 22.3. The van der Waals surface area contributed by atoms with Gasteiger partial charge in [0.1, 0.15) is 0 Å². The molecule has 1 aliphatic heterocycles. The Hall–Kier alpha value is -1.55. The fourth-order valence-corrected chi connectivity index (χ4v) is 3.39. The molecule has 4 heteroatoms. The Kier molecular flexibility index (Phi) is 5.92. The van der Waals surface area contributed by atoms with Gasteiger partial charge >= 0.3 is 0 Å². The predicted molar refractivity (Wildman–Crippen MR) is 96.6 cm³/mol. The van der Waals surface area contributed by atoms with Crippen LogP contribution in [0.5, 0.6) is 0 Å². The van der Waals surface area contributed by atoms with E-state index in [1.165, 1.54) is 44.2 Å². The van der Waals surface area contributed by atoms with Crippen LogP contribution in [0.25, 0.3) is 0 Å². The second-order valence-electron chi connectivity index (χ2n) is 6.86. The standard InChI is InChI=1S/C19H30N4/c1-20-19(21-12-11-16-9-10-16)22-14-18-8-5-13-23(18)15-17-6-3-2-4-7-17/h2-4,6-7,16,18H,5,8-15H2,1H3,(H2,20,21,22). The third kappa shape index (κ3) is 5.24. The van der Waals surface area contributed by atoms with Crippen molar-refractivity contribution < 1.29 is 0 Å². The number of nitrogens with zero attached hydrogens (tertiary/aromatic N) is 2. The van der Waals surface area contributed by atoms with Crippen molar-refractivity contribution in [2.75, 3.05) is 26.7 Å². The van der Waals surface area contributed by atoms with E-state index in [0.717, 1.165) is 31.5 Å². The summed E-state index contributed by atoms with van der Waals surface area (Å²) in [7, 11) is 1.86. The first kappa shape index (κ1) is 16.3. The molecule has 1 aliphatic carbocycles. The highest BCUT2D eigenvalue weighted by molar-refractivity contribution is 5.79. The van der Waals surface area contributed by atoms with Crippen LogP contribution in [0, 0.1) is 5.92 Å². The van der Waals surface area contributed by atoms with E-state index in [0.29, 0.717) is 6.04 Å². The highest BCUT2D eigenvalue weighted by atomic mass is 15.2. The van der Waals surface area contributed by atoms with Crippen molar-refractivity contribution in [3.05, 3.63) is 35.9 Å². The van der Waals surface area contributed by atoms with Crippen molar-refractivity contribution in [2.24, 2.45) is 10.9 Å². The molecule has 4 nitrogen and oxygen atoms in total. The lowest BCUT2D eigenvalue weighted by Gasteiger charge is -2.25. The highest BCUT2D eigenvalue weighted by Crippen LogP contribution is 2.31. The molecule has 126 valence electrons. The number of aliphatic imine (C=N–C) groups is 1. The molecule has 0 amide bonds. The van der Waals surface area contributed by atoms with Crippen molar-refractivity contribution in [3.8, 4) is 0 Å². The lowest BCUT2D eigenvalue weighted by Crippen LogP contribution is -2.44. The first-order valence-corrected chi connectivity index (χ1v) is 9.07. The summed E-state index contributed by atoms with van der Waals surface area (Å²) >= 11 is 0. The molecule has 1 heterocycles. The lowest BCUT2D eigenvalue weighted by atomic mass is 10.2. The molecular formula is C19H30N4. The Morgan fingerprint density at radius 3 is 2.74 bits per heavy atom. The minimum absolute atomic E-state index is 0.609. The topological polar surface area (TPSA) is 39.7 Å². The smallest absolute Gasteiger partial charge is 0.191 e. The van der Waals surface area contributed by atoms with Gasteiger partial charge in [0.25, 0.3) is 0 Å². The minimum atomic E-state index is 0.609. The molecule has 0 radical (unpaired) electrons. The summed E-state index contributed by atoms with van der Waals surface area (Å²) in [5, 5.41) is 6.97. The van der Waals surface area contributed by atoms with Gasteiger partial charge in [-0.15, -0.1) is 0 Å². The van der Waals surface area contributed by atoms with Gasteiger partial charge in [0.15, 0.2) is 5.96 Å². The second kappa shape index (κ2) is 8.34. The highest BCUT2D eigenvalue weighted by Gasteiger charge is 2.24. The molecule has 0 aromatic heterocycles. The van der Waals surface area contributed by atoms with Crippen LogP contribution in [0.2, 0.25) is 0 Å². The summed E-state index contributed by atoms with van der Waals surface area (Å²) in [6.07, 6.45) is 6.70. The van der Waals surface area contributed by atoms with Gasteiger partial charge in [-0.1, -0.05) is 43.2 Å². The third-order valence-corrected chi connectivity index (χ3v) is 5.00. The first-order valence-electron chi connectivity index (χ1n) is 9.07. The number of hydrogen-bond acceptors (Lipinski definition) is 2. The van der Waals surface area contributed by atoms with Gasteiger partial charge in [0, 0.05) is 32.7 Å². The molecule has 3 rings (SSSR count). The van der Waals surface area contributed by atoms with E-state index in [2.05, 4.69) is 50.9 Å². The molecule has 1 aromatic carbocycles. The van der Waals surface area contributed by atoms with Gasteiger partial charge in [-0.3, -0.25) is 9.89 Å². The summed E-state index contributed by atoms with van der Waals surface area (Å²) in [6.45, 7) is 4.29. The van der Waals surface area contributed by atoms with E-state index in [4.69, 9.17) is 0 Å². The molecular weight excluding hydrogens is 284 g/mol. The first-order chi connectivity index (χ1) is 11.3. The van der Waals surface area contributed by atoms with Crippen LogP contribution in [0.4, 0.5) is 0 Å². The summed E-state index contributed by atoms with van der Waals surface area (Å²) in [6, 6.07) is 11.4. The maximum Gasteiger partial charge on any atom is 0.191 e. The van der Waals surface area contributed by atoms with Crippen molar-refractivity contribution >= 4 is 5.96 Å². The number of guanidine groups is 1. The molecule has 1 atom stereocenters. The van der Waals surface area contributed by atoms with Crippen LogP contribution in [0.3, 0.4) is 0 Å². The Morgan fingerprint density at radius 1 is 1.17 bits per heavy atom. The van der Waals surface area contributed by atoms with Crippen LogP contribution >= 0.6 is 0 Å². The summed E-state index contributed by atoms with van der Waals surface area (Å²) in [5.41, 5.74) is 1.41. The number of rotatable bonds is 7. The van der Waals surface area contributed by atoms with E-state index >= 15 is 0 Å². The Morgan fingerprint density at radius 2 is 2.00 bits per heavy atom. The summed E-state index contributed by atoms with van der Waals surface area (Å²) in [4.78, 5) is 6.95. The average Bonchev–Trinajstić information content (AvgIpc) is 3.31. The molecule has 1 saturated heterocycles. The van der Waals surface area contributed by atoms with E-state index < -0.39 is 0 Å². The van der Waals surface area contributed by atoms with Gasteiger partial charge in [-0.2, -0.15) is 0 Å². The van der Waals surface area contributed by atoms with Crippen molar-refractivity contribution in [3.63, 3.8) is 0 Å². The SMILES string of the molecule is CN=C(NCCC1CC1)NCC1CCCN1Cc1ccccc1. The average molecular weight is 314 g/mol. The van der Waals surface area contributed by atoms with E-state index in [9.17, 15) is 0 Å². The number of nitrogens with one attached hydrogen (secondary N) is 2. The predicted octanol–water partition coefficient (Wildman–Crippen LogP) is 2.62. The van der Waals surface area contributed by atoms with Gasteiger partial charge < -0.3 is 10.6 Å². The van der Waals surface area contributed by atoms with Gasteiger partial charge in [0.05, 0.1) is 0 Å². The van der Waals surface area contributed by atoms with Crippen LogP contribution in [0.15, 0.2) is 35.3 Å². The molecule has 23 heavy (non-hydrogen) atoms. The van der Waals surface area contributed by atoms with Gasteiger partial charge in [-0.05, 0) is 37.3 Å². The Balaban J connectivity index is 1.42. The summed E-state index contributed by atoms with van der Waals surface area (Å²) in [5.74, 6) is 1.93. The minimum Gasteiger partial charge on any atom is -0.356 e. The monoisotopic (exact) mass is 314 g/mol. The molecule has 1 aromatic rings. The molecule has 2 N–H and O–H groups in total. The lowest BCUT2D eigenvalue weighted by molar-refractivity contribution is 0.245.